The van der Waals surface area contributed by atoms with Crippen molar-refractivity contribution in [2.24, 2.45) is 7.05 Å². The number of benzene rings is 1. The zero-order valence-electron chi connectivity index (χ0n) is 20.9. The van der Waals surface area contributed by atoms with Crippen molar-refractivity contribution in [1.29, 1.82) is 0 Å². The van der Waals surface area contributed by atoms with E-state index in [0.717, 1.165) is 32.9 Å². The lowest BCUT2D eigenvalue weighted by Crippen LogP contribution is -2.14. The SMILES string of the molecule is Cn1c2cc(-c3ccc(OCCOCCOCCOCCOCCO)nc3)ccc2c2cncc(Cl)c21. The highest BCUT2D eigenvalue weighted by Crippen LogP contribution is 2.34. The Bertz CT molecular complexity index is 1260. The molecule has 1 aromatic carbocycles. The van der Waals surface area contributed by atoms with Crippen molar-refractivity contribution in [2.45, 2.75) is 0 Å². The van der Waals surface area contributed by atoms with Gasteiger partial charge < -0.3 is 33.4 Å². The van der Waals surface area contributed by atoms with Crippen LogP contribution >= 0.6 is 11.6 Å². The summed E-state index contributed by atoms with van der Waals surface area (Å²) in [4.78, 5) is 8.67. The fraction of sp³-hybridized carbons (Fsp3) is 0.407. The first-order valence-electron chi connectivity index (χ1n) is 12.2. The number of aliphatic hydroxyl groups is 1. The molecule has 0 bridgehead atoms. The van der Waals surface area contributed by atoms with E-state index in [2.05, 4.69) is 32.7 Å². The van der Waals surface area contributed by atoms with E-state index in [1.54, 1.807) is 6.20 Å². The van der Waals surface area contributed by atoms with Crippen LogP contribution in [0.15, 0.2) is 48.9 Å². The van der Waals surface area contributed by atoms with Gasteiger partial charge in [0.25, 0.3) is 0 Å². The number of aliphatic hydroxyl groups excluding tert-OH is 1. The van der Waals surface area contributed by atoms with Gasteiger partial charge >= 0.3 is 0 Å². The smallest absolute Gasteiger partial charge is 0.213 e. The van der Waals surface area contributed by atoms with Crippen LogP contribution in [0.25, 0.3) is 32.9 Å². The van der Waals surface area contributed by atoms with Gasteiger partial charge in [0.1, 0.15) is 6.61 Å². The van der Waals surface area contributed by atoms with Crippen LogP contribution in [0.3, 0.4) is 0 Å². The van der Waals surface area contributed by atoms with Crippen LogP contribution < -0.4 is 4.74 Å². The number of ether oxygens (including phenoxy) is 5. The van der Waals surface area contributed by atoms with Gasteiger partial charge in [0.15, 0.2) is 0 Å². The molecule has 0 aliphatic rings. The Labute approximate surface area is 220 Å². The van der Waals surface area contributed by atoms with Crippen LogP contribution in [0.4, 0.5) is 0 Å². The van der Waals surface area contributed by atoms with E-state index in [4.69, 9.17) is 40.4 Å². The maximum Gasteiger partial charge on any atom is 0.213 e. The highest BCUT2D eigenvalue weighted by molar-refractivity contribution is 6.36. The minimum absolute atomic E-state index is 0.0240. The molecule has 0 fully saturated rings. The number of aryl methyl sites for hydroxylation is 1. The Morgan fingerprint density at radius 2 is 1.41 bits per heavy atom. The first-order chi connectivity index (χ1) is 18.2. The van der Waals surface area contributed by atoms with Gasteiger partial charge in [-0.2, -0.15) is 0 Å². The first kappa shape index (κ1) is 27.3. The largest absolute Gasteiger partial charge is 0.475 e. The van der Waals surface area contributed by atoms with Crippen molar-refractivity contribution in [3.8, 4) is 17.0 Å². The molecule has 0 spiro atoms. The van der Waals surface area contributed by atoms with Crippen LogP contribution in [0.5, 0.6) is 5.88 Å². The van der Waals surface area contributed by atoms with Crippen molar-refractivity contribution in [2.75, 3.05) is 66.1 Å². The molecule has 4 aromatic rings. The third kappa shape index (κ3) is 7.38. The third-order valence-electron chi connectivity index (χ3n) is 5.76. The number of rotatable bonds is 16. The molecule has 0 unspecified atom stereocenters. The minimum Gasteiger partial charge on any atom is -0.475 e. The summed E-state index contributed by atoms with van der Waals surface area (Å²) in [6.45, 7) is 4.11. The lowest BCUT2D eigenvalue weighted by atomic mass is 10.1. The van der Waals surface area contributed by atoms with Crippen molar-refractivity contribution < 1.29 is 28.8 Å². The molecular formula is C27H32ClN3O6. The number of hydrogen-bond acceptors (Lipinski definition) is 8. The molecule has 10 heteroatoms. The quantitative estimate of drug-likeness (QED) is 0.218. The van der Waals surface area contributed by atoms with Gasteiger partial charge in [-0.25, -0.2) is 4.98 Å². The number of aromatic nitrogens is 3. The van der Waals surface area contributed by atoms with E-state index in [9.17, 15) is 0 Å². The second-order valence-corrected chi connectivity index (χ2v) is 8.62. The molecule has 0 saturated carbocycles. The normalized spacial score (nSPS) is 11.5. The maximum absolute atomic E-state index is 8.60. The summed E-state index contributed by atoms with van der Waals surface area (Å²) in [6, 6.07) is 10.2. The Balaban J connectivity index is 1.16. The van der Waals surface area contributed by atoms with Crippen LogP contribution in [0.2, 0.25) is 5.02 Å². The standard InChI is InChI=1S/C27H32ClN3O6/c1-31-25-16-20(2-4-22(25)23-18-29-19-24(28)27(23)31)21-3-5-26(30-17-21)37-15-14-36-13-12-35-11-10-34-9-8-33-7-6-32/h2-5,16-19,32H,6-15H2,1H3. The van der Waals surface area contributed by atoms with E-state index in [-0.39, 0.29) is 6.61 Å². The predicted octanol–water partition coefficient (Wildman–Crippen LogP) is 3.88. The molecule has 9 nitrogen and oxygen atoms in total. The van der Waals surface area contributed by atoms with Crippen LogP contribution in [-0.2, 0) is 26.0 Å². The van der Waals surface area contributed by atoms with Crippen LogP contribution in [0.1, 0.15) is 0 Å². The average Bonchev–Trinajstić information content (AvgIpc) is 3.21. The molecule has 0 radical (unpaired) electrons. The molecule has 3 heterocycles. The molecular weight excluding hydrogens is 498 g/mol. The summed E-state index contributed by atoms with van der Waals surface area (Å²) in [5.74, 6) is 0.548. The Morgan fingerprint density at radius 1 is 0.757 bits per heavy atom. The topological polar surface area (TPSA) is 97.1 Å². The summed E-state index contributed by atoms with van der Waals surface area (Å²) < 4.78 is 29.2. The molecule has 4 rings (SSSR count). The van der Waals surface area contributed by atoms with Gasteiger partial charge in [0.05, 0.1) is 70.0 Å². The van der Waals surface area contributed by atoms with E-state index in [0.29, 0.717) is 70.4 Å². The van der Waals surface area contributed by atoms with E-state index in [1.807, 2.05) is 31.6 Å². The van der Waals surface area contributed by atoms with Crippen molar-refractivity contribution in [3.05, 3.63) is 53.9 Å². The molecule has 0 aliphatic heterocycles. The van der Waals surface area contributed by atoms with Gasteiger partial charge in [-0.3, -0.25) is 4.98 Å². The molecule has 198 valence electrons. The Kier molecular flexibility index (Phi) is 10.5. The van der Waals surface area contributed by atoms with Gasteiger partial charge in [0.2, 0.25) is 5.88 Å². The average molecular weight is 530 g/mol. The van der Waals surface area contributed by atoms with E-state index in [1.165, 1.54) is 0 Å². The summed E-state index contributed by atoms with van der Waals surface area (Å²) in [5.41, 5.74) is 4.12. The molecule has 3 aromatic heterocycles. The highest BCUT2D eigenvalue weighted by Gasteiger charge is 2.12. The molecule has 0 aliphatic carbocycles. The number of nitrogens with zero attached hydrogens (tertiary/aromatic N) is 3. The zero-order valence-corrected chi connectivity index (χ0v) is 21.7. The summed E-state index contributed by atoms with van der Waals surface area (Å²) >= 11 is 6.39. The van der Waals surface area contributed by atoms with Gasteiger partial charge in [0, 0.05) is 53.6 Å². The van der Waals surface area contributed by atoms with E-state index >= 15 is 0 Å². The number of hydrogen-bond donors (Lipinski definition) is 1. The summed E-state index contributed by atoms with van der Waals surface area (Å²) in [7, 11) is 2.01. The summed E-state index contributed by atoms with van der Waals surface area (Å²) in [6.07, 6.45) is 5.33. The molecule has 0 atom stereocenters. The van der Waals surface area contributed by atoms with Crippen molar-refractivity contribution in [3.63, 3.8) is 0 Å². The predicted molar refractivity (Wildman–Crippen MR) is 142 cm³/mol. The van der Waals surface area contributed by atoms with Gasteiger partial charge in [-0.05, 0) is 17.7 Å². The van der Waals surface area contributed by atoms with Gasteiger partial charge in [-0.15, -0.1) is 0 Å². The lowest BCUT2D eigenvalue weighted by molar-refractivity contribution is -0.00789. The highest BCUT2D eigenvalue weighted by atomic mass is 35.5. The number of fused-ring (bicyclic) bond motifs is 3. The molecule has 0 amide bonds. The second kappa shape index (κ2) is 14.2. The van der Waals surface area contributed by atoms with Gasteiger partial charge in [-0.1, -0.05) is 23.7 Å². The zero-order chi connectivity index (χ0) is 25.9. The minimum atomic E-state index is 0.0240. The van der Waals surface area contributed by atoms with Crippen molar-refractivity contribution in [1.82, 2.24) is 14.5 Å². The first-order valence-corrected chi connectivity index (χ1v) is 12.6. The third-order valence-corrected chi connectivity index (χ3v) is 6.03. The Morgan fingerprint density at radius 3 is 2.05 bits per heavy atom. The fourth-order valence-corrected chi connectivity index (χ4v) is 4.26. The number of pyridine rings is 2. The molecule has 1 N–H and O–H groups in total. The lowest BCUT2D eigenvalue weighted by Gasteiger charge is -2.09. The van der Waals surface area contributed by atoms with Crippen LogP contribution in [0, 0.1) is 0 Å². The second-order valence-electron chi connectivity index (χ2n) is 8.22. The number of halogens is 1. The summed E-state index contributed by atoms with van der Waals surface area (Å²) in [5, 5.41) is 11.4. The fourth-order valence-electron chi connectivity index (χ4n) is 3.97. The molecule has 0 saturated heterocycles. The van der Waals surface area contributed by atoms with Crippen LogP contribution in [-0.4, -0.2) is 85.7 Å². The van der Waals surface area contributed by atoms with Crippen molar-refractivity contribution >= 4 is 33.4 Å². The monoisotopic (exact) mass is 529 g/mol. The van der Waals surface area contributed by atoms with E-state index < -0.39 is 0 Å². The maximum atomic E-state index is 8.60. The molecule has 37 heavy (non-hydrogen) atoms. The Hall–Kier alpha value is -2.79.